The first-order chi connectivity index (χ1) is 9.39. The number of carbonyl (C=O) groups is 1. The number of aromatic nitrogens is 1. The van der Waals surface area contributed by atoms with Crippen LogP contribution in [0.4, 0.5) is 13.2 Å². The maximum Gasteiger partial charge on any atom is 0.490 e. The summed E-state index contributed by atoms with van der Waals surface area (Å²) in [7, 11) is 0. The third-order valence-corrected chi connectivity index (χ3v) is 2.74. The number of aromatic amines is 1. The molecule has 1 aliphatic rings. The zero-order valence-electron chi connectivity index (χ0n) is 10.9. The third kappa shape index (κ3) is 6.58. The first-order valence-corrected chi connectivity index (χ1v) is 6.24. The van der Waals surface area contributed by atoms with Gasteiger partial charge in [-0.2, -0.15) is 13.2 Å². The molecule has 0 spiro atoms. The van der Waals surface area contributed by atoms with Crippen molar-refractivity contribution < 1.29 is 23.1 Å². The van der Waals surface area contributed by atoms with Crippen LogP contribution >= 0.6 is 0 Å². The lowest BCUT2D eigenvalue weighted by atomic mass is 10.3. The molecule has 2 heterocycles. The summed E-state index contributed by atoms with van der Waals surface area (Å²) >= 11 is 0. The lowest BCUT2D eigenvalue weighted by Gasteiger charge is -2.18. The van der Waals surface area contributed by atoms with E-state index in [1.807, 2.05) is 6.20 Å². The van der Waals surface area contributed by atoms with Crippen molar-refractivity contribution in [3.8, 4) is 0 Å². The highest BCUT2D eigenvalue weighted by Gasteiger charge is 2.38. The molecule has 1 fully saturated rings. The second kappa shape index (κ2) is 7.91. The van der Waals surface area contributed by atoms with Crippen molar-refractivity contribution in [1.29, 1.82) is 0 Å². The van der Waals surface area contributed by atoms with Gasteiger partial charge in [-0.3, -0.25) is 4.90 Å². The van der Waals surface area contributed by atoms with Crippen LogP contribution in [0.15, 0.2) is 18.5 Å². The molecule has 2 rings (SSSR count). The van der Waals surface area contributed by atoms with Gasteiger partial charge in [0.2, 0.25) is 0 Å². The molecule has 20 heavy (non-hydrogen) atoms. The summed E-state index contributed by atoms with van der Waals surface area (Å²) in [6.07, 6.45) is 0.258. The number of hydrogen-bond acceptors (Lipinski definition) is 3. The Morgan fingerprint density at radius 1 is 1.35 bits per heavy atom. The maximum absolute atomic E-state index is 10.6. The summed E-state index contributed by atoms with van der Waals surface area (Å²) in [5.74, 6) is -2.76. The lowest BCUT2D eigenvalue weighted by Crippen LogP contribution is -2.27. The molecular formula is C12H18F3N3O2. The predicted octanol–water partition coefficient (Wildman–Crippen LogP) is 1.44. The molecule has 3 N–H and O–H groups in total. The Bertz CT molecular complexity index is 385. The van der Waals surface area contributed by atoms with Crippen molar-refractivity contribution in [2.45, 2.75) is 19.1 Å². The van der Waals surface area contributed by atoms with Crippen molar-refractivity contribution in [2.24, 2.45) is 0 Å². The van der Waals surface area contributed by atoms with E-state index in [2.05, 4.69) is 27.5 Å². The van der Waals surface area contributed by atoms with Crippen LogP contribution < -0.4 is 5.32 Å². The SMILES string of the molecule is O=C(O)C(F)(F)F.c1cc(CN2CCCNCC2)c[nH]1. The standard InChI is InChI=1S/C10H17N3.C2HF3O2/c1-3-11-5-7-13(6-1)9-10-2-4-12-8-10;3-2(4,5)1(6)7/h2,4,8,11-12H,1,3,5-7,9H2;(H,6,7). The third-order valence-electron chi connectivity index (χ3n) is 2.74. The zero-order chi connectivity index (χ0) is 15.0. The molecular weight excluding hydrogens is 275 g/mol. The average molecular weight is 293 g/mol. The fourth-order valence-electron chi connectivity index (χ4n) is 1.77. The van der Waals surface area contributed by atoms with E-state index >= 15 is 0 Å². The Balaban J connectivity index is 0.000000246. The summed E-state index contributed by atoms with van der Waals surface area (Å²) in [6.45, 7) is 5.78. The number of nitrogens with zero attached hydrogens (tertiary/aromatic N) is 1. The van der Waals surface area contributed by atoms with Crippen LogP contribution in [-0.2, 0) is 11.3 Å². The molecule has 1 aliphatic heterocycles. The summed E-state index contributed by atoms with van der Waals surface area (Å²) in [6, 6.07) is 2.15. The van der Waals surface area contributed by atoms with Gasteiger partial charge in [-0.1, -0.05) is 0 Å². The van der Waals surface area contributed by atoms with Crippen LogP contribution in [0.3, 0.4) is 0 Å². The molecule has 0 saturated carbocycles. The molecule has 0 amide bonds. The Hall–Kier alpha value is -1.54. The summed E-state index contributed by atoms with van der Waals surface area (Å²) in [5, 5.41) is 10.5. The van der Waals surface area contributed by atoms with Gasteiger partial charge < -0.3 is 15.4 Å². The molecule has 1 saturated heterocycles. The van der Waals surface area contributed by atoms with Gasteiger partial charge in [0, 0.05) is 32.0 Å². The van der Waals surface area contributed by atoms with E-state index in [0.29, 0.717) is 0 Å². The number of rotatable bonds is 2. The normalized spacial score (nSPS) is 16.9. The van der Waals surface area contributed by atoms with Crippen molar-refractivity contribution >= 4 is 5.97 Å². The van der Waals surface area contributed by atoms with Gasteiger partial charge in [-0.15, -0.1) is 0 Å². The summed E-state index contributed by atoms with van der Waals surface area (Å²) in [5.41, 5.74) is 1.39. The van der Waals surface area contributed by atoms with Crippen LogP contribution in [-0.4, -0.2) is 53.3 Å². The van der Waals surface area contributed by atoms with E-state index < -0.39 is 12.1 Å². The molecule has 0 radical (unpaired) electrons. The zero-order valence-corrected chi connectivity index (χ0v) is 10.9. The fraction of sp³-hybridized carbons (Fsp3) is 0.583. The van der Waals surface area contributed by atoms with Gasteiger partial charge in [0.05, 0.1) is 0 Å². The number of nitrogens with one attached hydrogen (secondary N) is 2. The monoisotopic (exact) mass is 293 g/mol. The number of alkyl halides is 3. The molecule has 0 atom stereocenters. The van der Waals surface area contributed by atoms with Crippen molar-refractivity contribution in [3.05, 3.63) is 24.0 Å². The molecule has 1 aromatic heterocycles. The topological polar surface area (TPSA) is 68.4 Å². The number of hydrogen-bond donors (Lipinski definition) is 3. The summed E-state index contributed by atoms with van der Waals surface area (Å²) in [4.78, 5) is 14.5. The highest BCUT2D eigenvalue weighted by molar-refractivity contribution is 5.73. The highest BCUT2D eigenvalue weighted by atomic mass is 19.4. The van der Waals surface area contributed by atoms with Crippen LogP contribution in [0.1, 0.15) is 12.0 Å². The van der Waals surface area contributed by atoms with E-state index in [0.717, 1.165) is 13.1 Å². The van der Waals surface area contributed by atoms with E-state index in [-0.39, 0.29) is 0 Å². The fourth-order valence-corrected chi connectivity index (χ4v) is 1.77. The van der Waals surface area contributed by atoms with Gasteiger partial charge in [-0.05, 0) is 31.1 Å². The molecule has 0 aromatic carbocycles. The van der Waals surface area contributed by atoms with E-state index in [4.69, 9.17) is 9.90 Å². The summed E-state index contributed by atoms with van der Waals surface area (Å²) < 4.78 is 31.7. The van der Waals surface area contributed by atoms with Gasteiger partial charge in [-0.25, -0.2) is 4.79 Å². The molecule has 1 aromatic rings. The molecule has 0 unspecified atom stereocenters. The van der Waals surface area contributed by atoms with E-state index in [9.17, 15) is 13.2 Å². The van der Waals surface area contributed by atoms with Crippen LogP contribution in [0.25, 0.3) is 0 Å². The number of halogens is 3. The van der Waals surface area contributed by atoms with Crippen molar-refractivity contribution in [2.75, 3.05) is 26.2 Å². The van der Waals surface area contributed by atoms with Crippen molar-refractivity contribution in [3.63, 3.8) is 0 Å². The van der Waals surface area contributed by atoms with Crippen LogP contribution in [0.2, 0.25) is 0 Å². The Kier molecular flexibility index (Phi) is 6.53. The van der Waals surface area contributed by atoms with Gasteiger partial charge in [0.1, 0.15) is 0 Å². The largest absolute Gasteiger partial charge is 0.490 e. The van der Waals surface area contributed by atoms with Gasteiger partial charge >= 0.3 is 12.1 Å². The number of carboxylic acid groups (broad SMARTS) is 1. The van der Waals surface area contributed by atoms with E-state index in [1.54, 1.807) is 0 Å². The lowest BCUT2D eigenvalue weighted by molar-refractivity contribution is -0.192. The smallest absolute Gasteiger partial charge is 0.475 e. The van der Waals surface area contributed by atoms with Gasteiger partial charge in [0.25, 0.3) is 0 Å². The maximum atomic E-state index is 10.6. The number of aliphatic carboxylic acids is 1. The van der Waals surface area contributed by atoms with Crippen LogP contribution in [0.5, 0.6) is 0 Å². The first kappa shape index (κ1) is 16.5. The minimum Gasteiger partial charge on any atom is -0.475 e. The number of carboxylic acids is 1. The Labute approximate surface area is 114 Å². The predicted molar refractivity (Wildman–Crippen MR) is 67.2 cm³/mol. The van der Waals surface area contributed by atoms with E-state index in [1.165, 1.54) is 31.6 Å². The second-order valence-corrected chi connectivity index (χ2v) is 4.40. The quantitative estimate of drug-likeness (QED) is 0.772. The Morgan fingerprint density at radius 2 is 2.05 bits per heavy atom. The average Bonchev–Trinajstić information content (AvgIpc) is 2.72. The minimum atomic E-state index is -5.08. The van der Waals surface area contributed by atoms with Crippen molar-refractivity contribution in [1.82, 2.24) is 15.2 Å². The first-order valence-electron chi connectivity index (χ1n) is 6.24. The number of H-pyrrole nitrogens is 1. The van der Waals surface area contributed by atoms with Gasteiger partial charge in [0.15, 0.2) is 0 Å². The Morgan fingerprint density at radius 3 is 2.60 bits per heavy atom. The highest BCUT2D eigenvalue weighted by Crippen LogP contribution is 2.13. The second-order valence-electron chi connectivity index (χ2n) is 4.40. The van der Waals surface area contributed by atoms with Crippen LogP contribution in [0, 0.1) is 0 Å². The molecule has 0 bridgehead atoms. The minimum absolute atomic E-state index is 1.09. The molecule has 8 heteroatoms. The molecule has 0 aliphatic carbocycles. The molecule has 114 valence electrons. The molecule has 5 nitrogen and oxygen atoms in total.